The fraction of sp³-hybridized carbons (Fsp3) is 0.722. The average molecular weight is 328 g/mol. The van der Waals surface area contributed by atoms with Gasteiger partial charge in [-0.3, -0.25) is 4.79 Å². The summed E-state index contributed by atoms with van der Waals surface area (Å²) in [4.78, 5) is 10.4. The van der Waals surface area contributed by atoms with Gasteiger partial charge in [-0.1, -0.05) is 44.1 Å². The molecule has 0 unspecified atom stereocenters. The molecule has 0 aromatic carbocycles. The van der Waals surface area contributed by atoms with Gasteiger partial charge in [0.15, 0.2) is 0 Å². The number of rotatable bonds is 14. The Morgan fingerprint density at radius 1 is 0.957 bits per heavy atom. The van der Waals surface area contributed by atoms with E-state index >= 15 is 0 Å². The molecule has 0 saturated heterocycles. The lowest BCUT2D eigenvalue weighted by atomic mass is 10.00. The van der Waals surface area contributed by atoms with Gasteiger partial charge in [-0.05, 0) is 32.1 Å². The van der Waals surface area contributed by atoms with Crippen LogP contribution < -0.4 is 0 Å². The molecule has 0 radical (unpaired) electrons. The zero-order chi connectivity index (χ0) is 17.5. The van der Waals surface area contributed by atoms with E-state index in [0.717, 1.165) is 25.7 Å². The summed E-state index contributed by atoms with van der Waals surface area (Å²) in [5, 5.41) is 38.1. The molecule has 0 amide bonds. The van der Waals surface area contributed by atoms with E-state index in [9.17, 15) is 20.1 Å². The zero-order valence-electron chi connectivity index (χ0n) is 14.1. The predicted molar refractivity (Wildman–Crippen MR) is 91.2 cm³/mol. The molecule has 0 spiro atoms. The second-order valence-electron chi connectivity index (χ2n) is 5.84. The molecule has 4 N–H and O–H groups in total. The van der Waals surface area contributed by atoms with Crippen LogP contribution in [0.4, 0.5) is 0 Å². The van der Waals surface area contributed by atoms with E-state index in [2.05, 4.69) is 13.0 Å². The van der Waals surface area contributed by atoms with E-state index in [0.29, 0.717) is 19.3 Å². The van der Waals surface area contributed by atoms with Crippen LogP contribution in [0.5, 0.6) is 0 Å². The molecule has 134 valence electrons. The lowest BCUT2D eigenvalue weighted by Gasteiger charge is -2.19. The Balaban J connectivity index is 3.77. The van der Waals surface area contributed by atoms with E-state index in [1.165, 1.54) is 0 Å². The summed E-state index contributed by atoms with van der Waals surface area (Å²) in [5.74, 6) is -0.803. The standard InChI is InChI=1S/C18H32O5/c1-2-3-4-5-6-9-12-16(20)17(21)14-15(19)11-8-7-10-13-18(22)23/h3-4,6,9,15-17,19-21H,2,5,7-8,10-14H2,1H3,(H,22,23)/b4-3-,9-6-/t15-,16-,17-/m0/s1. The van der Waals surface area contributed by atoms with Crippen LogP contribution >= 0.6 is 0 Å². The summed E-state index contributed by atoms with van der Waals surface area (Å²) >= 11 is 0. The second kappa shape index (κ2) is 14.4. The summed E-state index contributed by atoms with van der Waals surface area (Å²) in [6.45, 7) is 2.07. The molecule has 5 heteroatoms. The molecule has 0 aromatic heterocycles. The van der Waals surface area contributed by atoms with Crippen molar-refractivity contribution in [2.45, 2.75) is 83.0 Å². The Morgan fingerprint density at radius 2 is 1.65 bits per heavy atom. The van der Waals surface area contributed by atoms with Crippen molar-refractivity contribution >= 4 is 5.97 Å². The number of aliphatic carboxylic acids is 1. The van der Waals surface area contributed by atoms with Gasteiger partial charge in [0.05, 0.1) is 18.3 Å². The van der Waals surface area contributed by atoms with Gasteiger partial charge >= 0.3 is 5.97 Å². The number of unbranched alkanes of at least 4 members (excludes halogenated alkanes) is 2. The van der Waals surface area contributed by atoms with Crippen LogP contribution in [0.1, 0.15) is 64.7 Å². The SMILES string of the molecule is CC/C=C\C/C=C\C[C@H](O)[C@@H](O)C[C@@H](O)CCCCCC(=O)O. The molecular weight excluding hydrogens is 296 g/mol. The maximum Gasteiger partial charge on any atom is 0.303 e. The van der Waals surface area contributed by atoms with Crippen molar-refractivity contribution in [2.75, 3.05) is 0 Å². The normalized spacial score (nSPS) is 16.0. The molecule has 5 nitrogen and oxygen atoms in total. The third-order valence-corrected chi connectivity index (χ3v) is 3.60. The molecule has 0 aliphatic rings. The van der Waals surface area contributed by atoms with Crippen molar-refractivity contribution < 1.29 is 25.2 Å². The molecule has 0 saturated carbocycles. The maximum absolute atomic E-state index is 10.4. The predicted octanol–water partition coefficient (Wildman–Crippen LogP) is 2.80. The third-order valence-electron chi connectivity index (χ3n) is 3.60. The minimum Gasteiger partial charge on any atom is -0.481 e. The molecule has 0 aromatic rings. The molecule has 0 aliphatic heterocycles. The number of carboxylic acid groups (broad SMARTS) is 1. The minimum atomic E-state index is -0.945. The summed E-state index contributed by atoms with van der Waals surface area (Å²) in [5.41, 5.74) is 0. The van der Waals surface area contributed by atoms with Gasteiger partial charge in [-0.25, -0.2) is 0 Å². The van der Waals surface area contributed by atoms with Gasteiger partial charge in [0, 0.05) is 12.8 Å². The van der Waals surface area contributed by atoms with Gasteiger partial charge in [0.1, 0.15) is 0 Å². The maximum atomic E-state index is 10.4. The monoisotopic (exact) mass is 328 g/mol. The summed E-state index contributed by atoms with van der Waals surface area (Å²) in [6.07, 6.45) is 10.5. The van der Waals surface area contributed by atoms with Crippen LogP contribution in [0.25, 0.3) is 0 Å². The van der Waals surface area contributed by atoms with E-state index in [4.69, 9.17) is 5.11 Å². The third kappa shape index (κ3) is 14.2. The van der Waals surface area contributed by atoms with E-state index in [1.807, 2.05) is 18.2 Å². The first-order chi connectivity index (χ1) is 11.0. The Kier molecular flexibility index (Phi) is 13.7. The van der Waals surface area contributed by atoms with Crippen LogP contribution in [0.15, 0.2) is 24.3 Å². The molecule has 0 fully saturated rings. The Hall–Kier alpha value is -1.17. The van der Waals surface area contributed by atoms with E-state index in [1.54, 1.807) is 0 Å². The number of hydrogen-bond acceptors (Lipinski definition) is 4. The second-order valence-corrected chi connectivity index (χ2v) is 5.84. The lowest BCUT2D eigenvalue weighted by Crippen LogP contribution is -2.29. The van der Waals surface area contributed by atoms with Crippen molar-refractivity contribution in [1.82, 2.24) is 0 Å². The number of hydrogen-bond donors (Lipinski definition) is 4. The lowest BCUT2D eigenvalue weighted by molar-refractivity contribution is -0.137. The number of carboxylic acids is 1. The fourth-order valence-corrected chi connectivity index (χ4v) is 2.22. The molecule has 0 bridgehead atoms. The van der Waals surface area contributed by atoms with Gasteiger partial charge < -0.3 is 20.4 Å². The van der Waals surface area contributed by atoms with Crippen molar-refractivity contribution in [3.63, 3.8) is 0 Å². The molecule has 3 atom stereocenters. The van der Waals surface area contributed by atoms with Crippen molar-refractivity contribution in [3.05, 3.63) is 24.3 Å². The van der Waals surface area contributed by atoms with Gasteiger partial charge in [0.25, 0.3) is 0 Å². The van der Waals surface area contributed by atoms with Gasteiger partial charge in [-0.2, -0.15) is 0 Å². The average Bonchev–Trinajstić information content (AvgIpc) is 2.49. The first-order valence-corrected chi connectivity index (χ1v) is 8.53. The Bertz CT molecular complexity index is 351. The number of aliphatic hydroxyl groups excluding tert-OH is 3. The molecule has 0 aliphatic carbocycles. The van der Waals surface area contributed by atoms with Gasteiger partial charge in [-0.15, -0.1) is 0 Å². The molecule has 0 rings (SSSR count). The van der Waals surface area contributed by atoms with Crippen molar-refractivity contribution in [2.24, 2.45) is 0 Å². The number of carbonyl (C=O) groups is 1. The minimum absolute atomic E-state index is 0.143. The van der Waals surface area contributed by atoms with Crippen LogP contribution in [0, 0.1) is 0 Å². The first-order valence-electron chi connectivity index (χ1n) is 8.53. The topological polar surface area (TPSA) is 98.0 Å². The summed E-state index contributed by atoms with van der Waals surface area (Å²) in [7, 11) is 0. The highest BCUT2D eigenvalue weighted by molar-refractivity contribution is 5.66. The van der Waals surface area contributed by atoms with Crippen LogP contribution in [-0.2, 0) is 4.79 Å². The van der Waals surface area contributed by atoms with E-state index in [-0.39, 0.29) is 12.8 Å². The summed E-state index contributed by atoms with van der Waals surface area (Å²) < 4.78 is 0. The first kappa shape index (κ1) is 21.8. The smallest absolute Gasteiger partial charge is 0.303 e. The van der Waals surface area contributed by atoms with E-state index < -0.39 is 24.3 Å². The zero-order valence-corrected chi connectivity index (χ0v) is 14.1. The Morgan fingerprint density at radius 3 is 2.30 bits per heavy atom. The van der Waals surface area contributed by atoms with Crippen molar-refractivity contribution in [3.8, 4) is 0 Å². The molecular formula is C18H32O5. The number of aliphatic hydroxyl groups is 3. The highest BCUT2D eigenvalue weighted by Crippen LogP contribution is 2.13. The van der Waals surface area contributed by atoms with Crippen LogP contribution in [-0.4, -0.2) is 44.7 Å². The fourth-order valence-electron chi connectivity index (χ4n) is 2.22. The largest absolute Gasteiger partial charge is 0.481 e. The van der Waals surface area contributed by atoms with Crippen molar-refractivity contribution in [1.29, 1.82) is 0 Å². The quantitative estimate of drug-likeness (QED) is 0.290. The Labute approximate surface area is 139 Å². The highest BCUT2D eigenvalue weighted by Gasteiger charge is 2.18. The van der Waals surface area contributed by atoms with Crippen LogP contribution in [0.3, 0.4) is 0 Å². The molecule has 23 heavy (non-hydrogen) atoms. The number of allylic oxidation sites excluding steroid dienone is 3. The molecule has 0 heterocycles. The van der Waals surface area contributed by atoms with Crippen LogP contribution in [0.2, 0.25) is 0 Å². The highest BCUT2D eigenvalue weighted by atomic mass is 16.4. The summed E-state index contributed by atoms with van der Waals surface area (Å²) in [6, 6.07) is 0. The van der Waals surface area contributed by atoms with Gasteiger partial charge in [0.2, 0.25) is 0 Å².